The molecule has 0 atom stereocenters. The SMILES string of the molecule is Oc1ccc(O)c(Cl)c1.Oc1ccccc1. The number of phenols is 3. The lowest BCUT2D eigenvalue weighted by atomic mass is 10.3. The third-order valence-electron chi connectivity index (χ3n) is 1.69. The highest BCUT2D eigenvalue weighted by atomic mass is 35.5. The first-order valence-electron chi connectivity index (χ1n) is 4.51. The molecule has 0 spiro atoms. The molecule has 3 N–H and O–H groups in total. The predicted octanol–water partition coefficient (Wildman–Crippen LogP) is 3.14. The number of rotatable bonds is 0. The van der Waals surface area contributed by atoms with E-state index in [0.717, 1.165) is 0 Å². The highest BCUT2D eigenvalue weighted by molar-refractivity contribution is 6.32. The predicted molar refractivity (Wildman–Crippen MR) is 62.9 cm³/mol. The maximum Gasteiger partial charge on any atom is 0.134 e. The Morgan fingerprint density at radius 1 is 0.750 bits per heavy atom. The maximum atomic E-state index is 8.80. The number of benzene rings is 2. The average molecular weight is 239 g/mol. The zero-order valence-electron chi connectivity index (χ0n) is 8.34. The van der Waals surface area contributed by atoms with Crippen molar-refractivity contribution in [2.45, 2.75) is 0 Å². The first kappa shape index (κ1) is 12.2. The molecule has 0 aliphatic carbocycles. The summed E-state index contributed by atoms with van der Waals surface area (Å²) in [6, 6.07) is 12.7. The van der Waals surface area contributed by atoms with Crippen LogP contribution in [0.1, 0.15) is 0 Å². The van der Waals surface area contributed by atoms with Crippen molar-refractivity contribution < 1.29 is 15.3 Å². The van der Waals surface area contributed by atoms with Crippen molar-refractivity contribution in [2.75, 3.05) is 0 Å². The zero-order valence-corrected chi connectivity index (χ0v) is 9.09. The largest absolute Gasteiger partial charge is 0.508 e. The summed E-state index contributed by atoms with van der Waals surface area (Å²) >= 11 is 5.40. The van der Waals surface area contributed by atoms with Crippen molar-refractivity contribution in [1.29, 1.82) is 0 Å². The number of para-hydroxylation sites is 1. The van der Waals surface area contributed by atoms with Gasteiger partial charge in [0.2, 0.25) is 0 Å². The quantitative estimate of drug-likeness (QED) is 0.618. The smallest absolute Gasteiger partial charge is 0.134 e. The van der Waals surface area contributed by atoms with Crippen molar-refractivity contribution in [3.8, 4) is 17.2 Å². The first-order valence-corrected chi connectivity index (χ1v) is 4.89. The number of aromatic hydroxyl groups is 3. The molecule has 0 unspecified atom stereocenters. The molecule has 0 fully saturated rings. The van der Waals surface area contributed by atoms with Gasteiger partial charge in [0.25, 0.3) is 0 Å². The molecule has 0 amide bonds. The lowest BCUT2D eigenvalue weighted by Gasteiger charge is -1.94. The van der Waals surface area contributed by atoms with E-state index in [1.807, 2.05) is 6.07 Å². The van der Waals surface area contributed by atoms with Gasteiger partial charge in [0.05, 0.1) is 5.02 Å². The number of hydrogen-bond acceptors (Lipinski definition) is 3. The molecule has 0 saturated heterocycles. The Labute approximate surface area is 98.2 Å². The van der Waals surface area contributed by atoms with E-state index in [-0.39, 0.29) is 16.5 Å². The summed E-state index contributed by atoms with van der Waals surface area (Å²) in [6.45, 7) is 0. The minimum atomic E-state index is -0.0190. The van der Waals surface area contributed by atoms with Crippen LogP contribution < -0.4 is 0 Å². The van der Waals surface area contributed by atoms with Crippen molar-refractivity contribution >= 4 is 11.6 Å². The van der Waals surface area contributed by atoms with Gasteiger partial charge in [-0.1, -0.05) is 29.8 Å². The van der Waals surface area contributed by atoms with E-state index in [4.69, 9.17) is 26.9 Å². The van der Waals surface area contributed by atoms with Gasteiger partial charge in [0.15, 0.2) is 0 Å². The van der Waals surface area contributed by atoms with Crippen LogP contribution in [-0.4, -0.2) is 15.3 Å². The summed E-state index contributed by atoms with van der Waals surface area (Å²) in [5.74, 6) is 0.356. The molecule has 0 radical (unpaired) electrons. The Bertz CT molecular complexity index is 443. The molecule has 4 heteroatoms. The van der Waals surface area contributed by atoms with E-state index < -0.39 is 0 Å². The van der Waals surface area contributed by atoms with Crippen molar-refractivity contribution in [3.63, 3.8) is 0 Å². The molecule has 0 aliphatic heterocycles. The third-order valence-corrected chi connectivity index (χ3v) is 1.99. The van der Waals surface area contributed by atoms with Crippen molar-refractivity contribution in [3.05, 3.63) is 53.6 Å². The van der Waals surface area contributed by atoms with Crippen LogP contribution in [0.3, 0.4) is 0 Å². The minimum absolute atomic E-state index is 0.0190. The molecule has 0 saturated carbocycles. The molecular formula is C12H11ClO3. The Kier molecular flexibility index (Phi) is 4.48. The van der Waals surface area contributed by atoms with Crippen LogP contribution in [0.25, 0.3) is 0 Å². The molecule has 2 aromatic carbocycles. The topological polar surface area (TPSA) is 60.7 Å². The average Bonchev–Trinajstić information content (AvgIpc) is 2.26. The summed E-state index contributed by atoms with van der Waals surface area (Å²) in [5.41, 5.74) is 0. The Morgan fingerprint density at radius 2 is 1.38 bits per heavy atom. The lowest BCUT2D eigenvalue weighted by molar-refractivity contribution is 0.460. The summed E-state index contributed by atoms with van der Waals surface area (Å²) in [5, 5.41) is 26.3. The fourth-order valence-electron chi connectivity index (χ4n) is 0.924. The van der Waals surface area contributed by atoms with Gasteiger partial charge in [-0.3, -0.25) is 0 Å². The highest BCUT2D eigenvalue weighted by Crippen LogP contribution is 2.26. The van der Waals surface area contributed by atoms with E-state index in [2.05, 4.69) is 0 Å². The van der Waals surface area contributed by atoms with Gasteiger partial charge in [-0.15, -0.1) is 0 Å². The van der Waals surface area contributed by atoms with E-state index >= 15 is 0 Å². The van der Waals surface area contributed by atoms with Crippen LogP contribution in [0.15, 0.2) is 48.5 Å². The summed E-state index contributed by atoms with van der Waals surface area (Å²) in [6.07, 6.45) is 0. The zero-order chi connectivity index (χ0) is 12.0. The van der Waals surface area contributed by atoms with E-state index in [9.17, 15) is 0 Å². The van der Waals surface area contributed by atoms with Crippen LogP contribution in [-0.2, 0) is 0 Å². The Hall–Kier alpha value is -1.87. The summed E-state index contributed by atoms with van der Waals surface area (Å²) in [4.78, 5) is 0. The molecule has 84 valence electrons. The number of hydrogen-bond donors (Lipinski definition) is 3. The second-order valence-corrected chi connectivity index (χ2v) is 3.38. The molecule has 0 aliphatic rings. The lowest BCUT2D eigenvalue weighted by Crippen LogP contribution is -1.66. The normalized spacial score (nSPS) is 9.06. The molecule has 2 aromatic rings. The summed E-state index contributed by atoms with van der Waals surface area (Å²) < 4.78 is 0. The van der Waals surface area contributed by atoms with E-state index in [0.29, 0.717) is 5.75 Å². The number of phenolic OH excluding ortho intramolecular Hbond substituents is 3. The van der Waals surface area contributed by atoms with Gasteiger partial charge in [-0.05, 0) is 24.3 Å². The van der Waals surface area contributed by atoms with Crippen molar-refractivity contribution in [1.82, 2.24) is 0 Å². The van der Waals surface area contributed by atoms with Gasteiger partial charge in [-0.25, -0.2) is 0 Å². The Balaban J connectivity index is 0.000000165. The van der Waals surface area contributed by atoms with E-state index in [1.54, 1.807) is 24.3 Å². The van der Waals surface area contributed by atoms with Crippen LogP contribution in [0.4, 0.5) is 0 Å². The molecule has 2 rings (SSSR count). The molecule has 0 aromatic heterocycles. The highest BCUT2D eigenvalue weighted by Gasteiger charge is 1.95. The number of halogens is 1. The second kappa shape index (κ2) is 5.88. The second-order valence-electron chi connectivity index (χ2n) is 2.97. The van der Waals surface area contributed by atoms with Crippen molar-refractivity contribution in [2.24, 2.45) is 0 Å². The minimum Gasteiger partial charge on any atom is -0.508 e. The maximum absolute atomic E-state index is 8.80. The van der Waals surface area contributed by atoms with Crippen LogP contribution in [0, 0.1) is 0 Å². The third kappa shape index (κ3) is 4.11. The Morgan fingerprint density at radius 3 is 1.75 bits per heavy atom. The van der Waals surface area contributed by atoms with Crippen LogP contribution >= 0.6 is 11.6 Å². The fraction of sp³-hybridized carbons (Fsp3) is 0. The first-order chi connectivity index (χ1) is 7.59. The van der Waals surface area contributed by atoms with Gasteiger partial charge >= 0.3 is 0 Å². The fourth-order valence-corrected chi connectivity index (χ4v) is 1.10. The molecular weight excluding hydrogens is 228 g/mol. The molecule has 0 heterocycles. The van der Waals surface area contributed by atoms with E-state index in [1.165, 1.54) is 18.2 Å². The van der Waals surface area contributed by atoms with Gasteiger partial charge in [0.1, 0.15) is 17.2 Å². The van der Waals surface area contributed by atoms with Crippen LogP contribution in [0.2, 0.25) is 5.02 Å². The van der Waals surface area contributed by atoms with Gasteiger partial charge in [0, 0.05) is 6.07 Å². The van der Waals surface area contributed by atoms with Crippen LogP contribution in [0.5, 0.6) is 17.2 Å². The van der Waals surface area contributed by atoms with Gasteiger partial charge in [-0.2, -0.15) is 0 Å². The standard InChI is InChI=1S/C6H5ClO2.C6H6O/c7-5-3-4(8)1-2-6(5)9;7-6-4-2-1-3-5-6/h1-3,8-9H;1-5,7H. The monoisotopic (exact) mass is 238 g/mol. The molecule has 0 bridgehead atoms. The molecule has 16 heavy (non-hydrogen) atoms. The summed E-state index contributed by atoms with van der Waals surface area (Å²) in [7, 11) is 0. The molecule has 3 nitrogen and oxygen atoms in total. The van der Waals surface area contributed by atoms with Gasteiger partial charge < -0.3 is 15.3 Å².